The summed E-state index contributed by atoms with van der Waals surface area (Å²) in [7, 11) is 0. The molecule has 0 amide bonds. The summed E-state index contributed by atoms with van der Waals surface area (Å²) in [5.74, 6) is 1.36. The highest BCUT2D eigenvalue weighted by molar-refractivity contribution is 7.80. The molecule has 1 aliphatic carbocycles. The minimum absolute atomic E-state index is 0.321. The molecule has 0 unspecified atom stereocenters. The molecule has 4 nitrogen and oxygen atoms in total. The summed E-state index contributed by atoms with van der Waals surface area (Å²) in [5.41, 5.74) is 7.60. The van der Waals surface area contributed by atoms with Crippen LogP contribution in [0.4, 0.5) is 5.95 Å². The summed E-state index contributed by atoms with van der Waals surface area (Å²) in [6.07, 6.45) is 6.52. The van der Waals surface area contributed by atoms with Gasteiger partial charge in [0.1, 0.15) is 10.7 Å². The third-order valence-corrected chi connectivity index (χ3v) is 4.44. The van der Waals surface area contributed by atoms with Gasteiger partial charge in [0.15, 0.2) is 0 Å². The molecule has 0 aliphatic heterocycles. The molecule has 1 saturated carbocycles. The van der Waals surface area contributed by atoms with E-state index in [-0.39, 0.29) is 0 Å². The number of nitrogens with two attached hydrogens (primary N) is 1. The fraction of sp³-hybridized carbons (Fsp3) is 0.688. The van der Waals surface area contributed by atoms with Crippen LogP contribution in [0.5, 0.6) is 0 Å². The number of hydrogen-bond acceptors (Lipinski definition) is 4. The maximum atomic E-state index is 5.68. The van der Waals surface area contributed by atoms with Crippen LogP contribution in [0.15, 0.2) is 6.07 Å². The van der Waals surface area contributed by atoms with E-state index in [9.17, 15) is 0 Å². The number of rotatable bonds is 6. The second kappa shape index (κ2) is 6.69. The van der Waals surface area contributed by atoms with Crippen molar-refractivity contribution in [1.29, 1.82) is 0 Å². The molecule has 0 saturated heterocycles. The van der Waals surface area contributed by atoms with E-state index >= 15 is 0 Å². The normalized spacial score (nSPS) is 17.1. The summed E-state index contributed by atoms with van der Waals surface area (Å²) in [4.78, 5) is 9.19. The van der Waals surface area contributed by atoms with Crippen LogP contribution in [0.25, 0.3) is 0 Å². The SMILES string of the molecule is Cc1cc(C(N)=S)nc(NCC2(CC(C)C)CCCC2)n1. The van der Waals surface area contributed by atoms with Crippen molar-refractivity contribution < 1.29 is 0 Å². The number of nitrogens with one attached hydrogen (secondary N) is 1. The lowest BCUT2D eigenvalue weighted by molar-refractivity contribution is 0.252. The van der Waals surface area contributed by atoms with Gasteiger partial charge in [0.2, 0.25) is 5.95 Å². The Bertz CT molecular complexity index is 507. The predicted molar refractivity (Wildman–Crippen MR) is 91.5 cm³/mol. The van der Waals surface area contributed by atoms with Crippen LogP contribution in [-0.2, 0) is 0 Å². The van der Waals surface area contributed by atoms with Gasteiger partial charge in [-0.25, -0.2) is 9.97 Å². The molecule has 2 rings (SSSR count). The molecule has 0 atom stereocenters. The van der Waals surface area contributed by atoms with E-state index in [0.29, 0.717) is 22.0 Å². The van der Waals surface area contributed by atoms with E-state index in [0.717, 1.165) is 18.2 Å². The number of nitrogens with zero attached hydrogens (tertiary/aromatic N) is 2. The van der Waals surface area contributed by atoms with E-state index < -0.39 is 0 Å². The van der Waals surface area contributed by atoms with Crippen LogP contribution in [0.3, 0.4) is 0 Å². The van der Waals surface area contributed by atoms with E-state index in [1.54, 1.807) is 0 Å². The molecule has 1 fully saturated rings. The first-order valence-electron chi connectivity index (χ1n) is 7.80. The number of aryl methyl sites for hydroxylation is 1. The van der Waals surface area contributed by atoms with Crippen molar-refractivity contribution in [3.05, 3.63) is 17.5 Å². The van der Waals surface area contributed by atoms with Crippen molar-refractivity contribution in [1.82, 2.24) is 9.97 Å². The van der Waals surface area contributed by atoms with E-state index in [2.05, 4.69) is 29.1 Å². The molecule has 0 spiro atoms. The maximum Gasteiger partial charge on any atom is 0.223 e. The van der Waals surface area contributed by atoms with Crippen molar-refractivity contribution in [2.75, 3.05) is 11.9 Å². The molecule has 3 N–H and O–H groups in total. The molecule has 0 radical (unpaired) electrons. The molecule has 0 aromatic carbocycles. The Morgan fingerprint density at radius 1 is 1.38 bits per heavy atom. The highest BCUT2D eigenvalue weighted by Crippen LogP contribution is 2.43. The highest BCUT2D eigenvalue weighted by Gasteiger charge is 2.34. The third kappa shape index (κ3) is 4.37. The Morgan fingerprint density at radius 2 is 2.05 bits per heavy atom. The molecule has 1 heterocycles. The van der Waals surface area contributed by atoms with E-state index in [1.165, 1.54) is 32.1 Å². The van der Waals surface area contributed by atoms with Crippen molar-refractivity contribution in [3.63, 3.8) is 0 Å². The Balaban J connectivity index is 2.09. The zero-order chi connectivity index (χ0) is 15.5. The van der Waals surface area contributed by atoms with Crippen LogP contribution in [0.1, 0.15) is 57.3 Å². The maximum absolute atomic E-state index is 5.68. The molecule has 1 aromatic heterocycles. The summed E-state index contributed by atoms with van der Waals surface area (Å²) in [5, 5.41) is 3.43. The van der Waals surface area contributed by atoms with Gasteiger partial charge < -0.3 is 11.1 Å². The first-order valence-corrected chi connectivity index (χ1v) is 8.20. The standard InChI is InChI=1S/C16H26N4S/c1-11(2)9-16(6-4-5-7-16)10-18-15-19-12(3)8-13(20-15)14(17)21/h8,11H,4-7,9-10H2,1-3H3,(H2,17,21)(H,18,19,20). The minimum atomic E-state index is 0.321. The quantitative estimate of drug-likeness (QED) is 0.788. The molecule has 116 valence electrons. The molecular formula is C16H26N4S. The minimum Gasteiger partial charge on any atom is -0.388 e. The Kier molecular flexibility index (Phi) is 5.14. The van der Waals surface area contributed by atoms with Gasteiger partial charge >= 0.3 is 0 Å². The topological polar surface area (TPSA) is 63.8 Å². The van der Waals surface area contributed by atoms with Crippen LogP contribution in [-0.4, -0.2) is 21.5 Å². The Hall–Kier alpha value is -1.23. The van der Waals surface area contributed by atoms with Gasteiger partial charge in [-0.3, -0.25) is 0 Å². The molecule has 0 bridgehead atoms. The zero-order valence-corrected chi connectivity index (χ0v) is 14.1. The summed E-state index contributed by atoms with van der Waals surface area (Å²) < 4.78 is 0. The third-order valence-electron chi connectivity index (χ3n) is 4.23. The van der Waals surface area contributed by atoms with Crippen molar-refractivity contribution in [2.24, 2.45) is 17.1 Å². The van der Waals surface area contributed by atoms with Crippen molar-refractivity contribution >= 4 is 23.2 Å². The zero-order valence-electron chi connectivity index (χ0n) is 13.3. The molecular weight excluding hydrogens is 280 g/mol. The van der Waals surface area contributed by atoms with Gasteiger partial charge in [-0.05, 0) is 43.6 Å². The van der Waals surface area contributed by atoms with Crippen LogP contribution in [0.2, 0.25) is 0 Å². The Labute approximate surface area is 132 Å². The average molecular weight is 306 g/mol. The smallest absolute Gasteiger partial charge is 0.223 e. The monoisotopic (exact) mass is 306 g/mol. The van der Waals surface area contributed by atoms with Gasteiger partial charge in [0.25, 0.3) is 0 Å². The second-order valence-electron chi connectivity index (χ2n) is 6.74. The van der Waals surface area contributed by atoms with Gasteiger partial charge in [-0.15, -0.1) is 0 Å². The van der Waals surface area contributed by atoms with Crippen LogP contribution >= 0.6 is 12.2 Å². The highest BCUT2D eigenvalue weighted by atomic mass is 32.1. The van der Waals surface area contributed by atoms with Gasteiger partial charge in [-0.1, -0.05) is 38.9 Å². The van der Waals surface area contributed by atoms with E-state index in [4.69, 9.17) is 18.0 Å². The lowest BCUT2D eigenvalue weighted by atomic mass is 9.78. The number of aromatic nitrogens is 2. The molecule has 1 aliphatic rings. The average Bonchev–Trinajstić information content (AvgIpc) is 2.84. The lowest BCUT2D eigenvalue weighted by Gasteiger charge is -2.31. The molecule has 21 heavy (non-hydrogen) atoms. The first kappa shape index (κ1) is 16.1. The largest absolute Gasteiger partial charge is 0.388 e. The van der Waals surface area contributed by atoms with Crippen molar-refractivity contribution in [2.45, 2.75) is 52.9 Å². The van der Waals surface area contributed by atoms with E-state index in [1.807, 2.05) is 13.0 Å². The Morgan fingerprint density at radius 3 is 2.62 bits per heavy atom. The van der Waals surface area contributed by atoms with Gasteiger partial charge in [-0.2, -0.15) is 0 Å². The fourth-order valence-corrected chi connectivity index (χ4v) is 3.59. The number of anilines is 1. The van der Waals surface area contributed by atoms with Crippen LogP contribution in [0, 0.1) is 18.3 Å². The lowest BCUT2D eigenvalue weighted by Crippen LogP contribution is -2.29. The summed E-state index contributed by atoms with van der Waals surface area (Å²) in [6, 6.07) is 1.83. The van der Waals surface area contributed by atoms with Crippen molar-refractivity contribution in [3.8, 4) is 0 Å². The first-order chi connectivity index (χ1) is 9.90. The molecule has 5 heteroatoms. The predicted octanol–water partition coefficient (Wildman–Crippen LogP) is 3.44. The van der Waals surface area contributed by atoms with Crippen LogP contribution < -0.4 is 11.1 Å². The summed E-state index contributed by atoms with van der Waals surface area (Å²) in [6.45, 7) is 7.47. The second-order valence-corrected chi connectivity index (χ2v) is 7.18. The van der Waals surface area contributed by atoms with Gasteiger partial charge in [0.05, 0.1) is 0 Å². The van der Waals surface area contributed by atoms with Gasteiger partial charge in [0, 0.05) is 12.2 Å². The number of hydrogen-bond donors (Lipinski definition) is 2. The molecule has 1 aromatic rings. The fourth-order valence-electron chi connectivity index (χ4n) is 3.48. The number of thiocarbonyl (C=S) groups is 1. The summed E-state index contributed by atoms with van der Waals surface area (Å²) >= 11 is 5.01.